The minimum absolute atomic E-state index is 0.229. The maximum atomic E-state index is 11.2. The Morgan fingerprint density at radius 1 is 1.30 bits per heavy atom. The lowest BCUT2D eigenvalue weighted by atomic mass is 10.0. The van der Waals surface area contributed by atoms with E-state index in [4.69, 9.17) is 4.74 Å². The van der Waals surface area contributed by atoms with Crippen molar-refractivity contribution in [3.63, 3.8) is 0 Å². The van der Waals surface area contributed by atoms with Gasteiger partial charge in [-0.25, -0.2) is 14.8 Å². The molecule has 0 spiro atoms. The second-order valence-electron chi connectivity index (χ2n) is 7.30. The molecule has 1 aliphatic heterocycles. The summed E-state index contributed by atoms with van der Waals surface area (Å²) < 4.78 is 5.16. The number of ether oxygens (including phenoxy) is 1. The molecule has 0 atom stereocenters. The van der Waals surface area contributed by atoms with Crippen LogP contribution in [0.3, 0.4) is 0 Å². The van der Waals surface area contributed by atoms with E-state index in [1.54, 1.807) is 18.4 Å². The van der Waals surface area contributed by atoms with Crippen molar-refractivity contribution in [3.8, 4) is 16.3 Å². The number of nitrogens with zero attached hydrogens (tertiary/aromatic N) is 3. The molecule has 3 aromatic rings. The summed E-state index contributed by atoms with van der Waals surface area (Å²) in [6.45, 7) is 1.80. The molecule has 0 bridgehead atoms. The molecule has 1 aliphatic rings. The van der Waals surface area contributed by atoms with Crippen molar-refractivity contribution in [2.75, 3.05) is 32.6 Å². The zero-order valence-electron chi connectivity index (χ0n) is 17.0. The Kier molecular flexibility index (Phi) is 6.01. The summed E-state index contributed by atoms with van der Waals surface area (Å²) in [5, 5.41) is 17.2. The van der Waals surface area contributed by atoms with E-state index in [0.717, 1.165) is 44.7 Å². The summed E-state index contributed by atoms with van der Waals surface area (Å²) >= 11 is 1.63. The Morgan fingerprint density at radius 3 is 2.73 bits per heavy atom. The lowest BCUT2D eigenvalue weighted by molar-refractivity contribution is 0.134. The number of methoxy groups -OCH3 is 1. The van der Waals surface area contributed by atoms with Crippen molar-refractivity contribution >= 4 is 33.3 Å². The maximum absolute atomic E-state index is 11.2. The van der Waals surface area contributed by atoms with E-state index >= 15 is 0 Å². The van der Waals surface area contributed by atoms with Crippen LogP contribution in [0, 0.1) is 0 Å². The first-order chi connectivity index (χ1) is 14.6. The van der Waals surface area contributed by atoms with Crippen molar-refractivity contribution < 1.29 is 14.6 Å². The predicted molar refractivity (Wildman–Crippen MR) is 118 cm³/mol. The molecule has 30 heavy (non-hydrogen) atoms. The number of fused-ring (bicyclic) bond motifs is 1. The van der Waals surface area contributed by atoms with Crippen molar-refractivity contribution in [1.82, 2.24) is 20.2 Å². The highest BCUT2D eigenvalue weighted by molar-refractivity contribution is 7.21. The average molecular weight is 428 g/mol. The fourth-order valence-corrected chi connectivity index (χ4v) is 4.73. The van der Waals surface area contributed by atoms with E-state index in [0.29, 0.717) is 25.5 Å². The number of thiophene rings is 1. The lowest BCUT2D eigenvalue weighted by Gasteiger charge is -2.31. The Morgan fingerprint density at radius 2 is 2.10 bits per heavy atom. The maximum Gasteiger partial charge on any atom is 0.407 e. The number of amides is 1. The number of pyridine rings is 2. The van der Waals surface area contributed by atoms with Gasteiger partial charge in [-0.2, -0.15) is 0 Å². The van der Waals surface area contributed by atoms with Crippen LogP contribution < -0.4 is 15.4 Å². The summed E-state index contributed by atoms with van der Waals surface area (Å²) in [5.41, 5.74) is 3.20. The highest BCUT2D eigenvalue weighted by Crippen LogP contribution is 2.38. The third-order valence-corrected chi connectivity index (χ3v) is 6.44. The number of hydrogen-bond donors (Lipinski definition) is 3. The van der Waals surface area contributed by atoms with Crippen LogP contribution in [0.25, 0.3) is 20.7 Å². The quantitative estimate of drug-likeness (QED) is 0.552. The Bertz CT molecular complexity index is 1030. The number of aromatic nitrogens is 2. The smallest absolute Gasteiger partial charge is 0.407 e. The van der Waals surface area contributed by atoms with Gasteiger partial charge < -0.3 is 25.4 Å². The zero-order chi connectivity index (χ0) is 21.1. The summed E-state index contributed by atoms with van der Waals surface area (Å²) in [6.07, 6.45) is 4.46. The van der Waals surface area contributed by atoms with Crippen molar-refractivity contribution in [2.45, 2.75) is 25.4 Å². The highest BCUT2D eigenvalue weighted by atomic mass is 32.1. The summed E-state index contributed by atoms with van der Waals surface area (Å²) in [7, 11) is 3.52. The van der Waals surface area contributed by atoms with Gasteiger partial charge in [0.15, 0.2) is 0 Å². The molecule has 0 aromatic carbocycles. The lowest BCUT2D eigenvalue weighted by Crippen LogP contribution is -2.41. The number of carboxylic acid groups (broad SMARTS) is 1. The van der Waals surface area contributed by atoms with Crippen molar-refractivity contribution in [2.24, 2.45) is 0 Å². The second-order valence-corrected chi connectivity index (χ2v) is 8.33. The SMILES string of the molecule is CNCc1cnc2sc(-c3ccc(OC)nc3)cc2c1NC1CCN(C(=O)O)CC1. The van der Waals surface area contributed by atoms with Gasteiger partial charge >= 0.3 is 6.09 Å². The first-order valence-electron chi connectivity index (χ1n) is 9.90. The summed E-state index contributed by atoms with van der Waals surface area (Å²) in [4.78, 5) is 23.7. The van der Waals surface area contributed by atoms with Gasteiger partial charge in [0, 0.05) is 65.5 Å². The van der Waals surface area contributed by atoms with Crippen LogP contribution in [0.15, 0.2) is 30.6 Å². The van der Waals surface area contributed by atoms with Gasteiger partial charge in [-0.1, -0.05) is 0 Å². The standard InChI is InChI=1S/C21H25N5O3S/c1-22-10-14-12-24-20-16(9-17(30-20)13-3-4-18(29-2)23-11-13)19(14)25-15-5-7-26(8-6-15)21(27)28/h3-4,9,11-12,15,22H,5-8,10H2,1-2H3,(H,24,25)(H,27,28). The van der Waals surface area contributed by atoms with Crippen molar-refractivity contribution in [1.29, 1.82) is 0 Å². The number of rotatable bonds is 6. The molecule has 3 aromatic heterocycles. The Hall–Kier alpha value is -2.91. The topological polar surface area (TPSA) is 99.6 Å². The van der Waals surface area contributed by atoms with Crippen LogP contribution in [0.1, 0.15) is 18.4 Å². The first-order valence-corrected chi connectivity index (χ1v) is 10.7. The van der Waals surface area contributed by atoms with E-state index < -0.39 is 6.09 Å². The van der Waals surface area contributed by atoms with Gasteiger partial charge in [0.05, 0.1) is 12.8 Å². The van der Waals surface area contributed by atoms with Crippen LogP contribution >= 0.6 is 11.3 Å². The van der Waals surface area contributed by atoms with Crippen LogP contribution in [-0.4, -0.2) is 59.4 Å². The molecule has 3 N–H and O–H groups in total. The van der Waals surface area contributed by atoms with E-state index in [1.165, 1.54) is 4.90 Å². The molecule has 1 fully saturated rings. The monoisotopic (exact) mass is 427 g/mol. The average Bonchev–Trinajstić information content (AvgIpc) is 3.20. The summed E-state index contributed by atoms with van der Waals surface area (Å²) in [5.74, 6) is 0.587. The highest BCUT2D eigenvalue weighted by Gasteiger charge is 2.24. The van der Waals surface area contributed by atoms with E-state index in [2.05, 4.69) is 26.7 Å². The van der Waals surface area contributed by atoms with Crippen LogP contribution in [-0.2, 0) is 6.54 Å². The number of piperidine rings is 1. The van der Waals surface area contributed by atoms with Gasteiger partial charge in [0.1, 0.15) is 4.83 Å². The molecule has 0 aliphatic carbocycles. The molecular formula is C21H25N5O3S. The molecule has 8 nitrogen and oxygen atoms in total. The molecule has 0 saturated carbocycles. The minimum Gasteiger partial charge on any atom is -0.481 e. The molecule has 158 valence electrons. The largest absolute Gasteiger partial charge is 0.481 e. The molecule has 4 heterocycles. The molecular weight excluding hydrogens is 402 g/mol. The predicted octanol–water partition coefficient (Wildman–Crippen LogP) is 3.64. The Balaban J connectivity index is 1.65. The number of likely N-dealkylation sites (tertiary alicyclic amines) is 1. The number of carbonyl (C=O) groups is 1. The third kappa shape index (κ3) is 4.17. The van der Waals surface area contributed by atoms with Gasteiger partial charge in [-0.15, -0.1) is 11.3 Å². The first kappa shape index (κ1) is 20.4. The fraction of sp³-hybridized carbons (Fsp3) is 0.381. The normalized spacial score (nSPS) is 14.8. The third-order valence-electron chi connectivity index (χ3n) is 5.35. The minimum atomic E-state index is -0.841. The zero-order valence-corrected chi connectivity index (χ0v) is 17.8. The van der Waals surface area contributed by atoms with Crippen LogP contribution in [0.4, 0.5) is 10.5 Å². The number of hydrogen-bond acceptors (Lipinski definition) is 7. The molecule has 0 radical (unpaired) electrons. The van der Waals surface area contributed by atoms with Crippen molar-refractivity contribution in [3.05, 3.63) is 36.2 Å². The van der Waals surface area contributed by atoms with Gasteiger partial charge in [0.2, 0.25) is 5.88 Å². The van der Waals surface area contributed by atoms with E-state index in [-0.39, 0.29) is 6.04 Å². The van der Waals surface area contributed by atoms with E-state index in [9.17, 15) is 9.90 Å². The molecule has 1 saturated heterocycles. The van der Waals surface area contributed by atoms with E-state index in [1.807, 2.05) is 31.6 Å². The van der Waals surface area contributed by atoms with Gasteiger partial charge in [0.25, 0.3) is 0 Å². The van der Waals surface area contributed by atoms with Crippen LogP contribution in [0.2, 0.25) is 0 Å². The summed E-state index contributed by atoms with van der Waals surface area (Å²) in [6, 6.07) is 6.24. The molecule has 4 rings (SSSR count). The Labute approximate surface area is 178 Å². The second kappa shape index (κ2) is 8.85. The number of anilines is 1. The van der Waals surface area contributed by atoms with Crippen LogP contribution in [0.5, 0.6) is 5.88 Å². The number of nitrogens with one attached hydrogen (secondary N) is 2. The molecule has 9 heteroatoms. The molecule has 0 unspecified atom stereocenters. The van der Waals surface area contributed by atoms with Gasteiger partial charge in [-0.05, 0) is 32.0 Å². The van der Waals surface area contributed by atoms with Gasteiger partial charge in [-0.3, -0.25) is 0 Å². The fourth-order valence-electron chi connectivity index (χ4n) is 3.73. The molecule has 1 amide bonds.